The van der Waals surface area contributed by atoms with E-state index in [-0.39, 0.29) is 24.7 Å². The second-order valence-corrected chi connectivity index (χ2v) is 4.67. The fourth-order valence-electron chi connectivity index (χ4n) is 1.90. The highest BCUT2D eigenvalue weighted by atomic mass is 19.1. The summed E-state index contributed by atoms with van der Waals surface area (Å²) in [4.78, 5) is 0. The third kappa shape index (κ3) is 4.38. The minimum atomic E-state index is -0.726. The maximum Gasteiger partial charge on any atom is 0.154 e. The molecule has 2 aromatic carbocycles. The Morgan fingerprint density at radius 3 is 2.61 bits per heavy atom. The van der Waals surface area contributed by atoms with Crippen molar-refractivity contribution < 1.29 is 13.9 Å². The van der Waals surface area contributed by atoms with Gasteiger partial charge in [0.2, 0.25) is 0 Å². The maximum absolute atomic E-state index is 13.8. The number of hydrogen-bond acceptors (Lipinski definition) is 5. The van der Waals surface area contributed by atoms with Crippen LogP contribution >= 0.6 is 0 Å². The predicted molar refractivity (Wildman–Crippen MR) is 84.8 cm³/mol. The zero-order valence-electron chi connectivity index (χ0n) is 12.2. The Bertz CT molecular complexity index is 708. The van der Waals surface area contributed by atoms with Crippen LogP contribution < -0.4 is 16.9 Å². The van der Waals surface area contributed by atoms with Gasteiger partial charge in [0.25, 0.3) is 0 Å². The predicted octanol–water partition coefficient (Wildman–Crippen LogP) is 1.50. The van der Waals surface area contributed by atoms with Crippen molar-refractivity contribution in [3.63, 3.8) is 0 Å². The number of anilines is 2. The van der Waals surface area contributed by atoms with Crippen LogP contribution in [0.2, 0.25) is 0 Å². The van der Waals surface area contributed by atoms with Crippen LogP contribution in [0.1, 0.15) is 5.56 Å². The van der Waals surface area contributed by atoms with E-state index in [9.17, 15) is 8.78 Å². The van der Waals surface area contributed by atoms with E-state index in [1.54, 1.807) is 24.3 Å². The molecule has 122 valence electrons. The average Bonchev–Trinajstić information content (AvgIpc) is 2.50. The van der Waals surface area contributed by atoms with Gasteiger partial charge in [-0.05, 0) is 24.3 Å². The molecule has 0 aromatic heterocycles. The quantitative estimate of drug-likeness (QED) is 0.280. The van der Waals surface area contributed by atoms with Crippen LogP contribution in [0.25, 0.3) is 0 Å². The van der Waals surface area contributed by atoms with E-state index in [1.165, 1.54) is 6.07 Å². The summed E-state index contributed by atoms with van der Waals surface area (Å²) in [5, 5.41) is 16.6. The van der Waals surface area contributed by atoms with Crippen molar-refractivity contribution in [2.75, 3.05) is 18.5 Å². The number of amidine groups is 1. The van der Waals surface area contributed by atoms with E-state index < -0.39 is 11.6 Å². The summed E-state index contributed by atoms with van der Waals surface area (Å²) < 4.78 is 26.7. The molecular weight excluding hydrogens is 304 g/mol. The first-order valence-corrected chi connectivity index (χ1v) is 6.80. The summed E-state index contributed by atoms with van der Waals surface area (Å²) in [6.07, 6.45) is 0. The number of benzene rings is 2. The molecule has 2 aromatic rings. The van der Waals surface area contributed by atoms with E-state index in [0.29, 0.717) is 11.3 Å². The number of aliphatic hydroxyl groups is 1. The molecule has 0 atom stereocenters. The Morgan fingerprint density at radius 1 is 1.17 bits per heavy atom. The van der Waals surface area contributed by atoms with Gasteiger partial charge in [-0.25, -0.2) is 19.7 Å². The smallest absolute Gasteiger partial charge is 0.154 e. The largest absolute Gasteiger partial charge is 0.394 e. The van der Waals surface area contributed by atoms with Gasteiger partial charge in [-0.2, -0.15) is 0 Å². The van der Waals surface area contributed by atoms with Crippen LogP contribution in [0.4, 0.5) is 20.2 Å². The van der Waals surface area contributed by atoms with Crippen LogP contribution in [0.3, 0.4) is 0 Å². The molecule has 2 rings (SSSR count). The van der Waals surface area contributed by atoms with Gasteiger partial charge in [-0.1, -0.05) is 12.1 Å². The molecule has 6 N–H and O–H groups in total. The first-order valence-electron chi connectivity index (χ1n) is 6.80. The summed E-state index contributed by atoms with van der Waals surface area (Å²) in [5.74, 6) is 4.25. The standard InChI is InChI=1S/C15H17F2N5O/c16-10-5-6-14(12(17)9-10)20-13-4-2-1-3-11(13)15(18)21-22(19)7-8-23/h1-6,9,20,23H,7-8,19H2,(H2,18,21). The van der Waals surface area contributed by atoms with E-state index in [4.69, 9.17) is 16.7 Å². The lowest BCUT2D eigenvalue weighted by atomic mass is 10.1. The molecule has 0 radical (unpaired) electrons. The molecule has 0 aliphatic heterocycles. The number of aliphatic hydroxyl groups excluding tert-OH is 1. The second-order valence-electron chi connectivity index (χ2n) is 4.67. The lowest BCUT2D eigenvalue weighted by Gasteiger charge is -2.15. The van der Waals surface area contributed by atoms with E-state index in [2.05, 4.69) is 10.4 Å². The van der Waals surface area contributed by atoms with Crippen molar-refractivity contribution >= 4 is 17.2 Å². The van der Waals surface area contributed by atoms with Gasteiger partial charge in [-0.15, -0.1) is 5.10 Å². The first kappa shape index (κ1) is 16.7. The highest BCUT2D eigenvalue weighted by molar-refractivity contribution is 6.02. The Kier molecular flexibility index (Phi) is 5.45. The normalized spacial score (nSPS) is 11.4. The summed E-state index contributed by atoms with van der Waals surface area (Å²) in [6.45, 7) is -0.0587. The van der Waals surface area contributed by atoms with Crippen molar-refractivity contribution in [1.82, 2.24) is 5.12 Å². The fraction of sp³-hybridized carbons (Fsp3) is 0.133. The van der Waals surface area contributed by atoms with Crippen molar-refractivity contribution in [2.24, 2.45) is 16.7 Å². The molecule has 0 aliphatic rings. The molecule has 0 amide bonds. The monoisotopic (exact) mass is 321 g/mol. The summed E-state index contributed by atoms with van der Waals surface area (Å²) >= 11 is 0. The van der Waals surface area contributed by atoms with Gasteiger partial charge in [0.15, 0.2) is 5.84 Å². The molecule has 0 bridgehead atoms. The fourth-order valence-corrected chi connectivity index (χ4v) is 1.90. The number of rotatable bonds is 6. The Balaban J connectivity index is 2.30. The van der Waals surface area contributed by atoms with Gasteiger partial charge >= 0.3 is 0 Å². The number of nitrogens with one attached hydrogen (secondary N) is 1. The molecule has 0 fully saturated rings. The van der Waals surface area contributed by atoms with Crippen LogP contribution in [0.15, 0.2) is 47.6 Å². The average molecular weight is 321 g/mol. The maximum atomic E-state index is 13.8. The van der Waals surface area contributed by atoms with Gasteiger partial charge < -0.3 is 16.2 Å². The molecular formula is C15H17F2N5O. The number of hydrazine groups is 1. The third-order valence-corrected chi connectivity index (χ3v) is 2.97. The molecule has 0 unspecified atom stereocenters. The first-order chi connectivity index (χ1) is 11.0. The Hall–Kier alpha value is -2.71. The number of hydrazone groups is 1. The summed E-state index contributed by atoms with van der Waals surface area (Å²) in [7, 11) is 0. The molecule has 8 heteroatoms. The highest BCUT2D eigenvalue weighted by Crippen LogP contribution is 2.23. The second kappa shape index (κ2) is 7.52. The Morgan fingerprint density at radius 2 is 1.91 bits per heavy atom. The van der Waals surface area contributed by atoms with Gasteiger partial charge in [-0.3, -0.25) is 0 Å². The topological polar surface area (TPSA) is 99.9 Å². The van der Waals surface area contributed by atoms with Crippen molar-refractivity contribution in [2.45, 2.75) is 0 Å². The Labute approximate surface area is 132 Å². The molecule has 0 spiro atoms. The van der Waals surface area contributed by atoms with E-state index in [1.807, 2.05) is 0 Å². The van der Waals surface area contributed by atoms with Crippen LogP contribution in [0, 0.1) is 11.6 Å². The van der Waals surface area contributed by atoms with E-state index >= 15 is 0 Å². The number of halogens is 2. The third-order valence-electron chi connectivity index (χ3n) is 2.97. The SMILES string of the molecule is N/C(=N\N(N)CCO)c1ccccc1Nc1ccc(F)cc1F. The zero-order valence-corrected chi connectivity index (χ0v) is 12.2. The number of hydrogen-bond donors (Lipinski definition) is 4. The lowest BCUT2D eigenvalue weighted by molar-refractivity contribution is 0.204. The molecule has 6 nitrogen and oxygen atoms in total. The van der Waals surface area contributed by atoms with Crippen molar-refractivity contribution in [3.8, 4) is 0 Å². The zero-order chi connectivity index (χ0) is 16.8. The number of para-hydroxylation sites is 1. The summed E-state index contributed by atoms with van der Waals surface area (Å²) in [6, 6.07) is 10.0. The van der Waals surface area contributed by atoms with Crippen molar-refractivity contribution in [1.29, 1.82) is 0 Å². The van der Waals surface area contributed by atoms with Gasteiger partial charge in [0.1, 0.15) is 11.6 Å². The molecule has 0 aliphatic carbocycles. The minimum Gasteiger partial charge on any atom is -0.394 e. The van der Waals surface area contributed by atoms with E-state index in [0.717, 1.165) is 17.3 Å². The molecule has 0 saturated heterocycles. The molecule has 0 saturated carbocycles. The molecule has 0 heterocycles. The van der Waals surface area contributed by atoms with Gasteiger partial charge in [0.05, 0.1) is 18.8 Å². The number of nitrogens with zero attached hydrogens (tertiary/aromatic N) is 2. The summed E-state index contributed by atoms with van der Waals surface area (Å²) in [5.41, 5.74) is 6.97. The molecule has 23 heavy (non-hydrogen) atoms. The highest BCUT2D eigenvalue weighted by Gasteiger charge is 2.10. The van der Waals surface area contributed by atoms with Gasteiger partial charge in [0, 0.05) is 17.3 Å². The van der Waals surface area contributed by atoms with Crippen LogP contribution in [-0.4, -0.2) is 29.2 Å². The van der Waals surface area contributed by atoms with Crippen molar-refractivity contribution in [3.05, 3.63) is 59.7 Å². The van der Waals surface area contributed by atoms with Crippen LogP contribution in [0.5, 0.6) is 0 Å². The van der Waals surface area contributed by atoms with Crippen LogP contribution in [-0.2, 0) is 0 Å². The number of nitrogens with two attached hydrogens (primary N) is 2. The lowest BCUT2D eigenvalue weighted by Crippen LogP contribution is -2.32. The minimum absolute atomic E-state index is 0.0894.